The number of rotatable bonds is 2. The second-order valence-corrected chi connectivity index (χ2v) is 8.55. The summed E-state index contributed by atoms with van der Waals surface area (Å²) in [6.45, 7) is 1.41. The maximum atomic E-state index is 13.5. The second-order valence-electron chi connectivity index (χ2n) is 8.55. The molecule has 8 heteroatoms. The molecule has 5 nitrogen and oxygen atoms in total. The fourth-order valence-electron chi connectivity index (χ4n) is 5.25. The second kappa shape index (κ2) is 7.61. The third-order valence-corrected chi connectivity index (χ3v) is 6.69. The molecule has 1 unspecified atom stereocenters. The normalized spacial score (nSPS) is 27.0. The SMILES string of the molecule is O=C1CCC(N2CCCC3(CCCN(c4ncccc4C(F)(F)F)C3)C2=O)CC1. The van der Waals surface area contributed by atoms with Crippen LogP contribution >= 0.6 is 0 Å². The van der Waals surface area contributed by atoms with E-state index in [0.29, 0.717) is 58.0 Å². The molecule has 0 aromatic carbocycles. The fourth-order valence-corrected chi connectivity index (χ4v) is 5.25. The molecule has 1 atom stereocenters. The zero-order chi connectivity index (χ0) is 20.6. The first kappa shape index (κ1) is 20.2. The van der Waals surface area contributed by atoms with Crippen molar-refractivity contribution in [3.8, 4) is 0 Å². The van der Waals surface area contributed by atoms with Gasteiger partial charge in [-0.2, -0.15) is 13.2 Å². The van der Waals surface area contributed by atoms with Crippen LogP contribution in [0.4, 0.5) is 19.0 Å². The van der Waals surface area contributed by atoms with Crippen LogP contribution in [0.3, 0.4) is 0 Å². The van der Waals surface area contributed by atoms with E-state index >= 15 is 0 Å². The number of aromatic nitrogens is 1. The summed E-state index contributed by atoms with van der Waals surface area (Å²) < 4.78 is 40.4. The number of likely N-dealkylation sites (tertiary alicyclic amines) is 1. The summed E-state index contributed by atoms with van der Waals surface area (Å²) in [5, 5.41) is 0. The number of pyridine rings is 1. The Morgan fingerprint density at radius 1 is 1.07 bits per heavy atom. The molecule has 3 fully saturated rings. The number of anilines is 1. The molecule has 1 amide bonds. The van der Waals surface area contributed by atoms with Gasteiger partial charge in [-0.25, -0.2) is 4.98 Å². The topological polar surface area (TPSA) is 53.5 Å². The molecule has 1 aromatic heterocycles. The number of carbonyl (C=O) groups is 2. The summed E-state index contributed by atoms with van der Waals surface area (Å²) in [4.78, 5) is 32.7. The minimum atomic E-state index is -4.48. The Morgan fingerprint density at radius 3 is 2.45 bits per heavy atom. The molecule has 3 aliphatic rings. The Balaban J connectivity index is 1.57. The molecule has 1 aliphatic carbocycles. The average Bonchev–Trinajstić information content (AvgIpc) is 2.71. The molecule has 1 aromatic rings. The quantitative estimate of drug-likeness (QED) is 0.745. The molecule has 29 heavy (non-hydrogen) atoms. The predicted molar refractivity (Wildman–Crippen MR) is 101 cm³/mol. The van der Waals surface area contributed by atoms with Crippen LogP contribution < -0.4 is 4.90 Å². The monoisotopic (exact) mass is 409 g/mol. The Hall–Kier alpha value is -2.12. The summed E-state index contributed by atoms with van der Waals surface area (Å²) in [6.07, 6.45) is 2.20. The van der Waals surface area contributed by atoms with Gasteiger partial charge < -0.3 is 9.80 Å². The lowest BCUT2D eigenvalue weighted by Gasteiger charge is -2.50. The van der Waals surface area contributed by atoms with Crippen molar-refractivity contribution < 1.29 is 22.8 Å². The number of halogens is 3. The summed E-state index contributed by atoms with van der Waals surface area (Å²) in [5.74, 6) is 0.226. The molecule has 1 spiro atoms. The van der Waals surface area contributed by atoms with Crippen LogP contribution in [0.2, 0.25) is 0 Å². The first-order valence-corrected chi connectivity index (χ1v) is 10.4. The van der Waals surface area contributed by atoms with E-state index in [2.05, 4.69) is 4.98 Å². The molecular formula is C21H26F3N3O2. The summed E-state index contributed by atoms with van der Waals surface area (Å²) in [6, 6.07) is 2.43. The molecule has 1 saturated carbocycles. The smallest absolute Gasteiger partial charge is 0.355 e. The molecule has 158 valence electrons. The van der Waals surface area contributed by atoms with Crippen LogP contribution in [0.1, 0.15) is 56.9 Å². The number of nitrogens with zero attached hydrogens (tertiary/aromatic N) is 3. The van der Waals surface area contributed by atoms with Gasteiger partial charge in [-0.15, -0.1) is 0 Å². The van der Waals surface area contributed by atoms with Gasteiger partial charge in [-0.3, -0.25) is 9.59 Å². The fraction of sp³-hybridized carbons (Fsp3) is 0.667. The lowest BCUT2D eigenvalue weighted by molar-refractivity contribution is -0.151. The average molecular weight is 409 g/mol. The van der Waals surface area contributed by atoms with Crippen LogP contribution in [-0.4, -0.2) is 47.3 Å². The number of hydrogen-bond acceptors (Lipinski definition) is 4. The van der Waals surface area contributed by atoms with Crippen molar-refractivity contribution in [2.24, 2.45) is 5.41 Å². The largest absolute Gasteiger partial charge is 0.419 e. The van der Waals surface area contributed by atoms with E-state index in [0.717, 1.165) is 12.5 Å². The maximum Gasteiger partial charge on any atom is 0.419 e. The van der Waals surface area contributed by atoms with E-state index in [1.807, 2.05) is 4.90 Å². The zero-order valence-corrected chi connectivity index (χ0v) is 16.4. The zero-order valence-electron chi connectivity index (χ0n) is 16.4. The highest BCUT2D eigenvalue weighted by Crippen LogP contribution is 2.44. The molecular weight excluding hydrogens is 383 g/mol. The Morgan fingerprint density at radius 2 is 1.76 bits per heavy atom. The molecule has 2 saturated heterocycles. The van der Waals surface area contributed by atoms with E-state index in [-0.39, 0.29) is 30.1 Å². The van der Waals surface area contributed by atoms with E-state index < -0.39 is 17.2 Å². The highest BCUT2D eigenvalue weighted by atomic mass is 19.4. The van der Waals surface area contributed by atoms with Gasteiger partial charge in [-0.1, -0.05) is 0 Å². The molecule has 2 aliphatic heterocycles. The van der Waals surface area contributed by atoms with Crippen molar-refractivity contribution in [2.45, 2.75) is 63.6 Å². The predicted octanol–water partition coefficient (Wildman–Crippen LogP) is 3.82. The van der Waals surface area contributed by atoms with Gasteiger partial charge in [0.15, 0.2) is 0 Å². The number of amides is 1. The number of piperidine rings is 2. The lowest BCUT2D eigenvalue weighted by Crippen LogP contribution is -2.59. The van der Waals surface area contributed by atoms with Crippen molar-refractivity contribution in [2.75, 3.05) is 24.5 Å². The summed E-state index contributed by atoms with van der Waals surface area (Å²) in [5.41, 5.74) is -1.40. The van der Waals surface area contributed by atoms with Gasteiger partial charge in [0.05, 0.1) is 11.0 Å². The number of carbonyl (C=O) groups excluding carboxylic acids is 2. The van der Waals surface area contributed by atoms with Crippen molar-refractivity contribution in [1.82, 2.24) is 9.88 Å². The van der Waals surface area contributed by atoms with Crippen LogP contribution in [0, 0.1) is 5.41 Å². The van der Waals surface area contributed by atoms with Gasteiger partial charge in [0.2, 0.25) is 5.91 Å². The van der Waals surface area contributed by atoms with Crippen molar-refractivity contribution in [3.63, 3.8) is 0 Å². The van der Waals surface area contributed by atoms with Crippen molar-refractivity contribution in [1.29, 1.82) is 0 Å². The van der Waals surface area contributed by atoms with Crippen molar-refractivity contribution >= 4 is 17.5 Å². The van der Waals surface area contributed by atoms with E-state index in [1.165, 1.54) is 12.3 Å². The molecule has 0 radical (unpaired) electrons. The van der Waals surface area contributed by atoms with Gasteiger partial charge in [0.25, 0.3) is 0 Å². The Bertz CT molecular complexity index is 784. The Kier molecular flexibility index (Phi) is 5.29. The van der Waals surface area contributed by atoms with Crippen molar-refractivity contribution in [3.05, 3.63) is 23.9 Å². The highest BCUT2D eigenvalue weighted by Gasteiger charge is 2.49. The molecule has 0 N–H and O–H groups in total. The van der Waals surface area contributed by atoms with Crippen LogP contribution in [0.5, 0.6) is 0 Å². The first-order valence-electron chi connectivity index (χ1n) is 10.4. The maximum absolute atomic E-state index is 13.5. The molecule has 3 heterocycles. The number of ketones is 1. The number of Topliss-reactive ketones (excluding diaryl/α,β-unsaturated/α-hetero) is 1. The van der Waals surface area contributed by atoms with E-state index in [9.17, 15) is 22.8 Å². The summed E-state index contributed by atoms with van der Waals surface area (Å²) in [7, 11) is 0. The standard InChI is InChI=1S/C21H26F3N3O2/c22-21(23,24)17-4-1-11-25-18(17)26-12-2-9-20(14-26)10-3-13-27(19(20)29)15-5-7-16(28)8-6-15/h1,4,11,15H,2-3,5-10,12-14H2. The van der Waals surface area contributed by atoms with Crippen LogP contribution in [0.15, 0.2) is 18.3 Å². The van der Waals surface area contributed by atoms with Crippen LogP contribution in [-0.2, 0) is 15.8 Å². The lowest BCUT2D eigenvalue weighted by atomic mass is 9.72. The van der Waals surface area contributed by atoms with Gasteiger partial charge >= 0.3 is 6.18 Å². The third-order valence-electron chi connectivity index (χ3n) is 6.69. The van der Waals surface area contributed by atoms with E-state index in [1.54, 1.807) is 4.90 Å². The van der Waals surface area contributed by atoms with Gasteiger partial charge in [0, 0.05) is 44.7 Å². The summed E-state index contributed by atoms with van der Waals surface area (Å²) >= 11 is 0. The minimum absolute atomic E-state index is 0.0530. The highest BCUT2D eigenvalue weighted by molar-refractivity contribution is 5.85. The Labute approximate surface area is 168 Å². The molecule has 4 rings (SSSR count). The number of alkyl halides is 3. The van der Waals surface area contributed by atoms with Gasteiger partial charge in [0.1, 0.15) is 11.6 Å². The van der Waals surface area contributed by atoms with E-state index in [4.69, 9.17) is 0 Å². The minimum Gasteiger partial charge on any atom is -0.355 e. The molecule has 0 bridgehead atoms. The van der Waals surface area contributed by atoms with Gasteiger partial charge in [-0.05, 0) is 50.7 Å². The van der Waals surface area contributed by atoms with Crippen LogP contribution in [0.25, 0.3) is 0 Å². The number of hydrogen-bond donors (Lipinski definition) is 0. The first-order chi connectivity index (χ1) is 13.8. The third kappa shape index (κ3) is 3.85.